The normalized spacial score (nSPS) is 10.4. The molecule has 3 aromatic carbocycles. The average Bonchev–Trinajstić information content (AvgIpc) is 2.77. The smallest absolute Gasteiger partial charge is 0.411 e. The first-order valence-electron chi connectivity index (χ1n) is 10.3. The molecule has 3 rings (SSSR count). The van der Waals surface area contributed by atoms with Crippen molar-refractivity contribution in [3.63, 3.8) is 0 Å². The minimum atomic E-state index is -0.536. The number of halogens is 1. The lowest BCUT2D eigenvalue weighted by molar-refractivity contribution is 0.167. The fourth-order valence-electron chi connectivity index (χ4n) is 3.10. The molecule has 5 nitrogen and oxygen atoms in total. The zero-order chi connectivity index (χ0) is 22.1. The molecule has 0 aromatic heterocycles. The van der Waals surface area contributed by atoms with E-state index in [0.29, 0.717) is 30.2 Å². The summed E-state index contributed by atoms with van der Waals surface area (Å²) in [4.78, 5) is 11.9. The number of carbonyl (C=O) groups is 1. The van der Waals surface area contributed by atoms with Gasteiger partial charge in [0, 0.05) is 24.7 Å². The Labute approximate surface area is 182 Å². The van der Waals surface area contributed by atoms with Crippen molar-refractivity contribution in [2.24, 2.45) is 0 Å². The van der Waals surface area contributed by atoms with Gasteiger partial charge in [-0.2, -0.15) is 0 Å². The van der Waals surface area contributed by atoms with Gasteiger partial charge in [-0.25, -0.2) is 9.18 Å². The van der Waals surface area contributed by atoms with Crippen LogP contribution in [0.2, 0.25) is 0 Å². The molecule has 0 atom stereocenters. The highest BCUT2D eigenvalue weighted by atomic mass is 19.1. The van der Waals surface area contributed by atoms with Crippen molar-refractivity contribution in [3.05, 3.63) is 89.2 Å². The minimum Gasteiger partial charge on any atom is -0.491 e. The largest absolute Gasteiger partial charge is 0.491 e. The Bertz CT molecular complexity index is 1010. The second-order valence-electron chi connectivity index (χ2n) is 7.02. The molecule has 0 bridgehead atoms. The first-order chi connectivity index (χ1) is 15.1. The number of anilines is 2. The highest BCUT2D eigenvalue weighted by molar-refractivity contribution is 5.87. The number of rotatable bonds is 9. The second kappa shape index (κ2) is 11.0. The van der Waals surface area contributed by atoms with Crippen molar-refractivity contribution < 1.29 is 18.7 Å². The zero-order valence-electron chi connectivity index (χ0n) is 17.8. The zero-order valence-corrected chi connectivity index (χ0v) is 17.8. The van der Waals surface area contributed by atoms with Crippen molar-refractivity contribution >= 4 is 17.5 Å². The van der Waals surface area contributed by atoms with Crippen LogP contribution in [0.1, 0.15) is 23.6 Å². The van der Waals surface area contributed by atoms with Crippen LogP contribution in [-0.4, -0.2) is 19.3 Å². The van der Waals surface area contributed by atoms with Gasteiger partial charge in [0.2, 0.25) is 0 Å². The Kier molecular flexibility index (Phi) is 7.87. The predicted octanol–water partition coefficient (Wildman–Crippen LogP) is 5.94. The van der Waals surface area contributed by atoms with Crippen molar-refractivity contribution in [2.75, 3.05) is 23.8 Å². The molecule has 0 radical (unpaired) electrons. The minimum absolute atomic E-state index is 0.224. The predicted molar refractivity (Wildman–Crippen MR) is 121 cm³/mol. The second-order valence-corrected chi connectivity index (χ2v) is 7.02. The van der Waals surface area contributed by atoms with E-state index < -0.39 is 6.09 Å². The molecule has 0 aliphatic rings. The molecule has 0 saturated carbocycles. The lowest BCUT2D eigenvalue weighted by atomic mass is 10.1. The van der Waals surface area contributed by atoms with Crippen molar-refractivity contribution in [1.82, 2.24) is 0 Å². The lowest BCUT2D eigenvalue weighted by Gasteiger charge is -2.15. The average molecular weight is 423 g/mol. The van der Waals surface area contributed by atoms with Crippen molar-refractivity contribution in [2.45, 2.75) is 26.8 Å². The molecule has 0 aliphatic heterocycles. The van der Waals surface area contributed by atoms with Crippen LogP contribution in [-0.2, 0) is 17.7 Å². The SMILES string of the molecule is CCOC(=O)Nc1ccc(NCc2cccc(F)c2C)cc1OCCc1ccccc1. The highest BCUT2D eigenvalue weighted by Crippen LogP contribution is 2.29. The van der Waals surface area contributed by atoms with Crippen LogP contribution in [0.4, 0.5) is 20.6 Å². The molecule has 1 amide bonds. The molecule has 6 heteroatoms. The first-order valence-corrected chi connectivity index (χ1v) is 10.3. The van der Waals surface area contributed by atoms with Crippen LogP contribution in [0, 0.1) is 12.7 Å². The Balaban J connectivity index is 1.72. The third-order valence-corrected chi connectivity index (χ3v) is 4.85. The third kappa shape index (κ3) is 6.47. The molecule has 2 N–H and O–H groups in total. The van der Waals surface area contributed by atoms with Crippen LogP contribution in [0.3, 0.4) is 0 Å². The summed E-state index contributed by atoms with van der Waals surface area (Å²) in [6.45, 7) is 4.71. The van der Waals surface area contributed by atoms with Gasteiger partial charge >= 0.3 is 6.09 Å². The summed E-state index contributed by atoms with van der Waals surface area (Å²) >= 11 is 0. The van der Waals surface area contributed by atoms with E-state index in [1.54, 1.807) is 26.0 Å². The number of nitrogens with one attached hydrogen (secondary N) is 2. The van der Waals surface area contributed by atoms with Crippen LogP contribution >= 0.6 is 0 Å². The maximum atomic E-state index is 13.8. The van der Waals surface area contributed by atoms with Crippen molar-refractivity contribution in [1.29, 1.82) is 0 Å². The maximum Gasteiger partial charge on any atom is 0.411 e. The van der Waals surface area contributed by atoms with Gasteiger partial charge in [-0.05, 0) is 48.7 Å². The summed E-state index contributed by atoms with van der Waals surface area (Å²) in [5.74, 6) is 0.308. The van der Waals surface area contributed by atoms with Gasteiger partial charge in [-0.1, -0.05) is 42.5 Å². The van der Waals surface area contributed by atoms with E-state index in [4.69, 9.17) is 9.47 Å². The summed E-state index contributed by atoms with van der Waals surface area (Å²) in [5.41, 5.74) is 3.99. The van der Waals surface area contributed by atoms with Crippen LogP contribution in [0.25, 0.3) is 0 Å². The summed E-state index contributed by atoms with van der Waals surface area (Å²) in [5, 5.41) is 6.01. The Morgan fingerprint density at radius 2 is 1.84 bits per heavy atom. The molecular formula is C25H27FN2O3. The van der Waals surface area contributed by atoms with E-state index in [-0.39, 0.29) is 12.4 Å². The van der Waals surface area contributed by atoms with E-state index >= 15 is 0 Å². The topological polar surface area (TPSA) is 59.6 Å². The van der Waals surface area contributed by atoms with E-state index in [1.807, 2.05) is 48.5 Å². The van der Waals surface area contributed by atoms with Gasteiger partial charge in [0.1, 0.15) is 11.6 Å². The molecule has 0 fully saturated rings. The van der Waals surface area contributed by atoms with Crippen molar-refractivity contribution in [3.8, 4) is 5.75 Å². The standard InChI is InChI=1S/C25H27FN2O3/c1-3-30-25(29)28-23-13-12-21(27-17-20-10-7-11-22(26)18(20)2)16-24(23)31-15-14-19-8-5-4-6-9-19/h4-13,16,27H,3,14-15,17H2,1-2H3,(H,28,29). The number of benzene rings is 3. The molecule has 3 aromatic rings. The summed E-state index contributed by atoms with van der Waals surface area (Å²) < 4.78 is 24.7. The summed E-state index contributed by atoms with van der Waals surface area (Å²) in [6, 6.07) is 20.5. The highest BCUT2D eigenvalue weighted by Gasteiger charge is 2.11. The number of ether oxygens (including phenoxy) is 2. The van der Waals surface area contributed by atoms with E-state index in [9.17, 15) is 9.18 Å². The van der Waals surface area contributed by atoms with Gasteiger partial charge in [0.25, 0.3) is 0 Å². The molecule has 0 heterocycles. The lowest BCUT2D eigenvalue weighted by Crippen LogP contribution is -2.15. The van der Waals surface area contributed by atoms with Crippen LogP contribution in [0.15, 0.2) is 66.7 Å². The molecule has 0 saturated heterocycles. The van der Waals surface area contributed by atoms with Gasteiger partial charge < -0.3 is 14.8 Å². The van der Waals surface area contributed by atoms with Crippen LogP contribution < -0.4 is 15.4 Å². The fourth-order valence-corrected chi connectivity index (χ4v) is 3.10. The number of amides is 1. The fraction of sp³-hybridized carbons (Fsp3) is 0.240. The Morgan fingerprint density at radius 1 is 1.03 bits per heavy atom. The molecular weight excluding hydrogens is 395 g/mol. The number of hydrogen-bond donors (Lipinski definition) is 2. The van der Waals surface area contributed by atoms with E-state index in [2.05, 4.69) is 10.6 Å². The van der Waals surface area contributed by atoms with Gasteiger partial charge in [0.15, 0.2) is 0 Å². The number of hydrogen-bond acceptors (Lipinski definition) is 4. The Hall–Kier alpha value is -3.54. The first kappa shape index (κ1) is 22.2. The quantitative estimate of drug-likeness (QED) is 0.448. The van der Waals surface area contributed by atoms with Gasteiger partial charge in [-0.3, -0.25) is 5.32 Å². The number of carbonyl (C=O) groups excluding carboxylic acids is 1. The third-order valence-electron chi connectivity index (χ3n) is 4.85. The molecule has 0 spiro atoms. The molecule has 162 valence electrons. The van der Waals surface area contributed by atoms with Gasteiger partial charge in [0.05, 0.1) is 18.9 Å². The van der Waals surface area contributed by atoms with E-state index in [1.165, 1.54) is 11.6 Å². The summed E-state index contributed by atoms with van der Waals surface area (Å²) in [6.07, 6.45) is 0.200. The monoisotopic (exact) mass is 422 g/mol. The molecule has 0 unspecified atom stereocenters. The Morgan fingerprint density at radius 3 is 2.61 bits per heavy atom. The summed E-state index contributed by atoms with van der Waals surface area (Å²) in [7, 11) is 0. The van der Waals surface area contributed by atoms with Crippen LogP contribution in [0.5, 0.6) is 5.75 Å². The molecule has 31 heavy (non-hydrogen) atoms. The maximum absolute atomic E-state index is 13.8. The van der Waals surface area contributed by atoms with E-state index in [0.717, 1.165) is 17.7 Å². The van der Waals surface area contributed by atoms with Gasteiger partial charge in [-0.15, -0.1) is 0 Å². The molecule has 0 aliphatic carbocycles.